The van der Waals surface area contributed by atoms with E-state index in [1.54, 1.807) is 0 Å². The molecule has 1 nitrogen and oxygen atoms in total. The fourth-order valence-electron chi connectivity index (χ4n) is 2.37. The molecule has 0 bridgehead atoms. The van der Waals surface area contributed by atoms with Crippen molar-refractivity contribution in [3.05, 3.63) is 34.4 Å². The average molecular weight is 279 g/mol. The lowest BCUT2D eigenvalue weighted by atomic mass is 9.95. The van der Waals surface area contributed by atoms with Crippen LogP contribution in [0.3, 0.4) is 0 Å². The highest BCUT2D eigenvalue weighted by Crippen LogP contribution is 2.25. The van der Waals surface area contributed by atoms with Crippen molar-refractivity contribution >= 4 is 11.8 Å². The number of hydrogen-bond acceptors (Lipinski definition) is 2. The SMILES string of the molecule is CNC(CSC(C)(C)C)Cc1c(C)cc(C)cc1C. The third-order valence-electron chi connectivity index (χ3n) is 3.42. The smallest absolute Gasteiger partial charge is 0.0195 e. The van der Waals surface area contributed by atoms with Gasteiger partial charge in [0.25, 0.3) is 0 Å². The van der Waals surface area contributed by atoms with Gasteiger partial charge in [0.1, 0.15) is 0 Å². The standard InChI is InChI=1S/C17H29NS/c1-12-8-13(2)16(14(3)9-12)10-15(18-7)11-19-17(4,5)6/h8-9,15,18H,10-11H2,1-7H3. The van der Waals surface area contributed by atoms with Crippen LogP contribution in [0, 0.1) is 20.8 Å². The van der Waals surface area contributed by atoms with Crippen LogP contribution in [0.4, 0.5) is 0 Å². The Labute approximate surface area is 123 Å². The molecule has 1 aromatic rings. The molecule has 0 aliphatic heterocycles. The molecule has 19 heavy (non-hydrogen) atoms. The van der Waals surface area contributed by atoms with Gasteiger partial charge in [-0.05, 0) is 50.9 Å². The fourth-order valence-corrected chi connectivity index (χ4v) is 3.36. The van der Waals surface area contributed by atoms with Crippen molar-refractivity contribution in [2.24, 2.45) is 0 Å². The number of benzene rings is 1. The van der Waals surface area contributed by atoms with E-state index in [-0.39, 0.29) is 0 Å². The lowest BCUT2D eigenvalue weighted by molar-refractivity contribution is 0.610. The Morgan fingerprint density at radius 1 is 1.11 bits per heavy atom. The normalized spacial score (nSPS) is 13.6. The minimum absolute atomic E-state index is 0.340. The molecule has 1 unspecified atom stereocenters. The molecule has 108 valence electrons. The van der Waals surface area contributed by atoms with Crippen LogP contribution in [0.5, 0.6) is 0 Å². The van der Waals surface area contributed by atoms with Gasteiger partial charge in [-0.1, -0.05) is 38.5 Å². The summed E-state index contributed by atoms with van der Waals surface area (Å²) >= 11 is 2.04. The third-order valence-corrected chi connectivity index (χ3v) is 4.85. The Balaban J connectivity index is 2.76. The molecule has 1 rings (SSSR count). The maximum absolute atomic E-state index is 3.47. The number of thioether (sulfide) groups is 1. The largest absolute Gasteiger partial charge is 0.316 e. The van der Waals surface area contributed by atoms with Gasteiger partial charge in [0.2, 0.25) is 0 Å². The summed E-state index contributed by atoms with van der Waals surface area (Å²) in [7, 11) is 2.08. The van der Waals surface area contributed by atoms with Gasteiger partial charge in [0, 0.05) is 16.5 Å². The number of hydrogen-bond donors (Lipinski definition) is 1. The molecule has 0 aliphatic rings. The topological polar surface area (TPSA) is 12.0 Å². The van der Waals surface area contributed by atoms with Gasteiger partial charge in [-0.3, -0.25) is 0 Å². The molecule has 1 atom stereocenters. The maximum atomic E-state index is 3.47. The van der Waals surface area contributed by atoms with Crippen molar-refractivity contribution in [2.45, 2.75) is 58.8 Å². The maximum Gasteiger partial charge on any atom is 0.0195 e. The van der Waals surface area contributed by atoms with Crippen molar-refractivity contribution in [2.75, 3.05) is 12.8 Å². The lowest BCUT2D eigenvalue weighted by Crippen LogP contribution is -2.32. The summed E-state index contributed by atoms with van der Waals surface area (Å²) in [6, 6.07) is 5.14. The summed E-state index contributed by atoms with van der Waals surface area (Å²) in [6.45, 7) is 13.5. The van der Waals surface area contributed by atoms with Gasteiger partial charge in [0.05, 0.1) is 0 Å². The summed E-state index contributed by atoms with van der Waals surface area (Å²) in [5, 5.41) is 3.47. The molecule has 1 N–H and O–H groups in total. The van der Waals surface area contributed by atoms with Crippen LogP contribution in [0.2, 0.25) is 0 Å². The first-order valence-electron chi connectivity index (χ1n) is 7.11. The van der Waals surface area contributed by atoms with Crippen molar-refractivity contribution in [1.29, 1.82) is 0 Å². The molecule has 0 saturated heterocycles. The predicted molar refractivity (Wildman–Crippen MR) is 89.4 cm³/mol. The van der Waals surface area contributed by atoms with Crippen molar-refractivity contribution in [3.8, 4) is 0 Å². The second kappa shape index (κ2) is 6.81. The number of nitrogens with one attached hydrogen (secondary N) is 1. The quantitative estimate of drug-likeness (QED) is 0.863. The highest BCUT2D eigenvalue weighted by atomic mass is 32.2. The van der Waals surface area contributed by atoms with Crippen LogP contribution >= 0.6 is 11.8 Å². The molecular weight excluding hydrogens is 250 g/mol. The first-order chi connectivity index (χ1) is 8.73. The van der Waals surface area contributed by atoms with Gasteiger partial charge in [-0.2, -0.15) is 11.8 Å². The van der Waals surface area contributed by atoms with E-state index >= 15 is 0 Å². The van der Waals surface area contributed by atoms with Crippen molar-refractivity contribution in [3.63, 3.8) is 0 Å². The minimum Gasteiger partial charge on any atom is -0.316 e. The highest BCUT2D eigenvalue weighted by Gasteiger charge is 2.16. The fraction of sp³-hybridized carbons (Fsp3) is 0.647. The zero-order valence-corrected chi connectivity index (χ0v) is 14.4. The molecule has 0 amide bonds. The van der Waals surface area contributed by atoms with E-state index in [4.69, 9.17) is 0 Å². The molecule has 0 saturated carbocycles. The molecule has 0 fully saturated rings. The van der Waals surface area contributed by atoms with E-state index in [1.807, 2.05) is 11.8 Å². The Morgan fingerprint density at radius 2 is 1.63 bits per heavy atom. The molecule has 0 aliphatic carbocycles. The van der Waals surface area contributed by atoms with Crippen molar-refractivity contribution < 1.29 is 0 Å². The summed E-state index contributed by atoms with van der Waals surface area (Å²) in [6.07, 6.45) is 1.12. The molecule has 0 heterocycles. The second-order valence-corrected chi connectivity index (χ2v) is 8.34. The van der Waals surface area contributed by atoms with Crippen LogP contribution < -0.4 is 5.32 Å². The first kappa shape index (κ1) is 16.6. The zero-order valence-electron chi connectivity index (χ0n) is 13.6. The van der Waals surface area contributed by atoms with E-state index in [1.165, 1.54) is 22.3 Å². The molecule has 2 heteroatoms. The summed E-state index contributed by atoms with van der Waals surface area (Å²) < 4.78 is 0.340. The summed E-state index contributed by atoms with van der Waals surface area (Å²) in [5.74, 6) is 1.16. The van der Waals surface area contributed by atoms with Crippen LogP contribution in [0.1, 0.15) is 43.0 Å². The van der Waals surface area contributed by atoms with Crippen LogP contribution in [0.25, 0.3) is 0 Å². The molecule has 0 spiro atoms. The molecule has 1 aromatic carbocycles. The van der Waals surface area contributed by atoms with Crippen LogP contribution in [-0.4, -0.2) is 23.6 Å². The lowest BCUT2D eigenvalue weighted by Gasteiger charge is -2.24. The Kier molecular flexibility index (Phi) is 5.94. The van der Waals surface area contributed by atoms with E-state index < -0.39 is 0 Å². The monoisotopic (exact) mass is 279 g/mol. The van der Waals surface area contributed by atoms with Gasteiger partial charge < -0.3 is 5.32 Å². The number of aryl methyl sites for hydroxylation is 3. The van der Waals surface area contributed by atoms with E-state index in [0.29, 0.717) is 10.8 Å². The van der Waals surface area contributed by atoms with Crippen molar-refractivity contribution in [1.82, 2.24) is 5.32 Å². The van der Waals surface area contributed by atoms with E-state index in [2.05, 4.69) is 66.0 Å². The zero-order chi connectivity index (χ0) is 14.6. The second-order valence-electron chi connectivity index (χ2n) is 6.49. The summed E-state index contributed by atoms with van der Waals surface area (Å²) in [5.41, 5.74) is 5.74. The third kappa shape index (κ3) is 5.58. The van der Waals surface area contributed by atoms with Gasteiger partial charge >= 0.3 is 0 Å². The van der Waals surface area contributed by atoms with Gasteiger partial charge in [-0.25, -0.2) is 0 Å². The summed E-state index contributed by atoms with van der Waals surface area (Å²) in [4.78, 5) is 0. The van der Waals surface area contributed by atoms with E-state index in [9.17, 15) is 0 Å². The Bertz CT molecular complexity index is 395. The number of likely N-dealkylation sites (N-methyl/N-ethyl adjacent to an activating group) is 1. The Morgan fingerprint density at radius 3 is 2.05 bits per heavy atom. The van der Waals surface area contributed by atoms with Gasteiger partial charge in [-0.15, -0.1) is 0 Å². The first-order valence-corrected chi connectivity index (χ1v) is 8.09. The van der Waals surface area contributed by atoms with Crippen LogP contribution in [0.15, 0.2) is 12.1 Å². The van der Waals surface area contributed by atoms with E-state index in [0.717, 1.165) is 12.2 Å². The predicted octanol–water partition coefficient (Wildman–Crippen LogP) is 4.27. The minimum atomic E-state index is 0.340. The molecular formula is C17H29NS. The average Bonchev–Trinajstić information content (AvgIpc) is 2.25. The molecule has 0 radical (unpaired) electrons. The molecule has 0 aromatic heterocycles. The highest BCUT2D eigenvalue weighted by molar-refractivity contribution is 8.00. The Hall–Kier alpha value is -0.470. The van der Waals surface area contributed by atoms with Crippen LogP contribution in [-0.2, 0) is 6.42 Å². The number of rotatable bonds is 5. The van der Waals surface area contributed by atoms with Gasteiger partial charge in [0.15, 0.2) is 0 Å².